The number of thiophene rings is 1. The lowest BCUT2D eigenvalue weighted by atomic mass is 10.00. The lowest BCUT2D eigenvalue weighted by Gasteiger charge is -2.34. The van der Waals surface area contributed by atoms with E-state index in [0.717, 1.165) is 6.07 Å². The van der Waals surface area contributed by atoms with E-state index in [1.54, 1.807) is 35.7 Å². The average Bonchev–Trinajstić information content (AvgIpc) is 3.39. The first kappa shape index (κ1) is 27.7. The number of nitrogens with one attached hydrogen (secondary N) is 2. The Morgan fingerprint density at radius 3 is 2.32 bits per heavy atom. The quantitative estimate of drug-likeness (QED) is 0.432. The summed E-state index contributed by atoms with van der Waals surface area (Å²) in [5, 5.41) is 7.25. The van der Waals surface area contributed by atoms with Gasteiger partial charge in [-0.3, -0.25) is 19.3 Å². The van der Waals surface area contributed by atoms with Crippen molar-refractivity contribution < 1.29 is 28.2 Å². The van der Waals surface area contributed by atoms with Crippen LogP contribution in [-0.2, 0) is 9.59 Å². The fraction of sp³-hybridized carbons (Fsp3) is 0.296. The van der Waals surface area contributed by atoms with Gasteiger partial charge in [0.1, 0.15) is 11.9 Å². The number of carbonyl (C=O) groups is 3. The third-order valence-electron chi connectivity index (χ3n) is 5.23. The molecule has 1 aromatic heterocycles. The largest absolute Gasteiger partial charge is 0.493 e. The van der Waals surface area contributed by atoms with Gasteiger partial charge in [0.15, 0.2) is 11.5 Å². The molecule has 3 amide bonds. The molecule has 1 heterocycles. The van der Waals surface area contributed by atoms with Gasteiger partial charge < -0.3 is 20.1 Å². The third-order valence-corrected chi connectivity index (χ3v) is 6.10. The molecule has 10 heteroatoms. The molecule has 37 heavy (non-hydrogen) atoms. The number of amides is 3. The number of halogens is 1. The molecule has 0 spiro atoms. The van der Waals surface area contributed by atoms with Crippen molar-refractivity contribution in [2.24, 2.45) is 0 Å². The maximum absolute atomic E-state index is 14.3. The number of carbonyl (C=O) groups excluding carboxylic acids is 3. The molecule has 0 aliphatic heterocycles. The Balaban J connectivity index is 2.09. The second-order valence-electron chi connectivity index (χ2n) is 9.16. The van der Waals surface area contributed by atoms with Crippen LogP contribution in [0.2, 0.25) is 0 Å². The summed E-state index contributed by atoms with van der Waals surface area (Å²) >= 11 is 1.23. The number of anilines is 1. The highest BCUT2D eigenvalue weighted by atomic mass is 32.1. The van der Waals surface area contributed by atoms with E-state index in [1.807, 2.05) is 20.8 Å². The van der Waals surface area contributed by atoms with Gasteiger partial charge in [-0.2, -0.15) is 0 Å². The van der Waals surface area contributed by atoms with Gasteiger partial charge in [0.05, 0.1) is 25.6 Å². The predicted molar refractivity (Wildman–Crippen MR) is 141 cm³/mol. The number of rotatable bonds is 9. The van der Waals surface area contributed by atoms with Crippen LogP contribution in [0.3, 0.4) is 0 Å². The Morgan fingerprint density at radius 1 is 1.00 bits per heavy atom. The second-order valence-corrected chi connectivity index (χ2v) is 10.1. The van der Waals surface area contributed by atoms with Crippen molar-refractivity contribution in [2.75, 3.05) is 25.7 Å². The standard InChI is InChI=1S/C27H30FN3O5S/c1-27(2,3)30-26(34)24(17-11-12-20(35-4)21(14-17)36-5)31(19-9-6-8-18(28)15-19)23(32)16-29-25(33)22-10-7-13-37-22/h6-15,24H,16H2,1-5H3,(H,29,33)(H,30,34)/t24-/m1/s1. The van der Waals surface area contributed by atoms with Gasteiger partial charge in [0.25, 0.3) is 5.91 Å². The minimum Gasteiger partial charge on any atom is -0.493 e. The van der Waals surface area contributed by atoms with Crippen molar-refractivity contribution in [3.05, 3.63) is 76.2 Å². The van der Waals surface area contributed by atoms with Crippen molar-refractivity contribution in [1.29, 1.82) is 0 Å². The maximum atomic E-state index is 14.3. The van der Waals surface area contributed by atoms with Crippen LogP contribution in [0.5, 0.6) is 11.5 Å². The minimum absolute atomic E-state index is 0.152. The first-order chi connectivity index (χ1) is 17.5. The first-order valence-electron chi connectivity index (χ1n) is 11.5. The summed E-state index contributed by atoms with van der Waals surface area (Å²) in [4.78, 5) is 41.4. The molecular weight excluding hydrogens is 497 g/mol. The molecule has 3 rings (SSSR count). The smallest absolute Gasteiger partial charge is 0.261 e. The lowest BCUT2D eigenvalue weighted by molar-refractivity contribution is -0.127. The topological polar surface area (TPSA) is 97.0 Å². The minimum atomic E-state index is -1.22. The highest BCUT2D eigenvalue weighted by Crippen LogP contribution is 2.35. The van der Waals surface area contributed by atoms with Crippen LogP contribution in [0.15, 0.2) is 60.0 Å². The molecule has 0 aliphatic rings. The van der Waals surface area contributed by atoms with Gasteiger partial charge in [0.2, 0.25) is 11.8 Å². The fourth-order valence-corrected chi connectivity index (χ4v) is 4.32. The van der Waals surface area contributed by atoms with Crippen molar-refractivity contribution >= 4 is 34.7 Å². The van der Waals surface area contributed by atoms with E-state index in [4.69, 9.17) is 9.47 Å². The van der Waals surface area contributed by atoms with Gasteiger partial charge in [-0.05, 0) is 68.1 Å². The van der Waals surface area contributed by atoms with E-state index in [1.165, 1.54) is 48.7 Å². The van der Waals surface area contributed by atoms with Crippen molar-refractivity contribution in [3.8, 4) is 11.5 Å². The lowest BCUT2D eigenvalue weighted by Crippen LogP contribution is -2.51. The van der Waals surface area contributed by atoms with Crippen LogP contribution in [-0.4, -0.2) is 44.0 Å². The molecule has 196 valence electrons. The SMILES string of the molecule is COc1ccc([C@H](C(=O)NC(C)(C)C)N(C(=O)CNC(=O)c2cccs2)c2cccc(F)c2)cc1OC. The van der Waals surface area contributed by atoms with Crippen LogP contribution in [0.4, 0.5) is 10.1 Å². The predicted octanol–water partition coefficient (Wildman–Crippen LogP) is 4.32. The zero-order valence-corrected chi connectivity index (χ0v) is 22.1. The van der Waals surface area contributed by atoms with Crippen LogP contribution in [0.25, 0.3) is 0 Å². The molecule has 0 bridgehead atoms. The summed E-state index contributed by atoms with van der Waals surface area (Å²) in [5.74, 6) is -1.33. The molecule has 2 N–H and O–H groups in total. The fourth-order valence-electron chi connectivity index (χ4n) is 3.68. The summed E-state index contributed by atoms with van der Waals surface area (Å²) in [7, 11) is 2.95. The molecular formula is C27H30FN3O5S. The van der Waals surface area contributed by atoms with Gasteiger partial charge in [-0.15, -0.1) is 11.3 Å². The highest BCUT2D eigenvalue weighted by molar-refractivity contribution is 7.12. The van der Waals surface area contributed by atoms with E-state index in [0.29, 0.717) is 21.9 Å². The Kier molecular flexibility index (Phi) is 8.88. The average molecular weight is 528 g/mol. The zero-order chi connectivity index (χ0) is 27.2. The van der Waals surface area contributed by atoms with Crippen LogP contribution >= 0.6 is 11.3 Å². The van der Waals surface area contributed by atoms with Gasteiger partial charge in [0, 0.05) is 11.2 Å². The number of methoxy groups -OCH3 is 2. The molecule has 1 atom stereocenters. The van der Waals surface area contributed by atoms with Crippen LogP contribution in [0, 0.1) is 5.82 Å². The van der Waals surface area contributed by atoms with Crippen molar-refractivity contribution in [1.82, 2.24) is 10.6 Å². The van der Waals surface area contributed by atoms with Crippen LogP contribution in [0.1, 0.15) is 42.0 Å². The zero-order valence-electron chi connectivity index (χ0n) is 21.3. The number of hydrogen-bond acceptors (Lipinski definition) is 6. The van der Waals surface area contributed by atoms with E-state index < -0.39 is 41.7 Å². The van der Waals surface area contributed by atoms with Gasteiger partial charge in [-0.25, -0.2) is 4.39 Å². The summed E-state index contributed by atoms with van der Waals surface area (Å²) in [6.07, 6.45) is 0. The summed E-state index contributed by atoms with van der Waals surface area (Å²) in [5.41, 5.74) is -0.0727. The molecule has 2 aromatic carbocycles. The second kappa shape index (κ2) is 11.9. The summed E-state index contributed by atoms with van der Waals surface area (Å²) in [6.45, 7) is 5.02. The number of ether oxygens (including phenoxy) is 2. The number of nitrogens with zero attached hydrogens (tertiary/aromatic N) is 1. The Bertz CT molecular complexity index is 1260. The normalized spacial score (nSPS) is 11.8. The van der Waals surface area contributed by atoms with E-state index in [2.05, 4.69) is 10.6 Å². The Morgan fingerprint density at radius 2 is 1.73 bits per heavy atom. The molecule has 8 nitrogen and oxygen atoms in total. The van der Waals surface area contributed by atoms with Crippen molar-refractivity contribution in [3.63, 3.8) is 0 Å². The Labute approximate surface area is 219 Å². The first-order valence-corrected chi connectivity index (χ1v) is 12.4. The molecule has 0 saturated carbocycles. The molecule has 0 radical (unpaired) electrons. The molecule has 0 aliphatic carbocycles. The van der Waals surface area contributed by atoms with Gasteiger partial charge in [-0.1, -0.05) is 18.2 Å². The maximum Gasteiger partial charge on any atom is 0.261 e. The molecule has 3 aromatic rings. The van der Waals surface area contributed by atoms with E-state index in [9.17, 15) is 18.8 Å². The summed E-state index contributed by atoms with van der Waals surface area (Å²) in [6, 6.07) is 12.4. The molecule has 0 saturated heterocycles. The van der Waals surface area contributed by atoms with E-state index >= 15 is 0 Å². The van der Waals surface area contributed by atoms with Gasteiger partial charge >= 0.3 is 0 Å². The highest BCUT2D eigenvalue weighted by Gasteiger charge is 2.35. The number of benzene rings is 2. The third kappa shape index (κ3) is 7.07. The van der Waals surface area contributed by atoms with Crippen molar-refractivity contribution in [2.45, 2.75) is 32.4 Å². The molecule has 0 unspecified atom stereocenters. The Hall–Kier alpha value is -3.92. The monoisotopic (exact) mass is 527 g/mol. The van der Waals surface area contributed by atoms with Crippen LogP contribution < -0.4 is 25.0 Å². The summed E-state index contributed by atoms with van der Waals surface area (Å²) < 4.78 is 25.0. The number of hydrogen-bond donors (Lipinski definition) is 2. The van der Waals surface area contributed by atoms with E-state index in [-0.39, 0.29) is 5.69 Å². The molecule has 0 fully saturated rings.